The van der Waals surface area contributed by atoms with E-state index in [-0.39, 0.29) is 21.7 Å². The molecule has 0 unspecified atom stereocenters. The third-order valence-corrected chi connectivity index (χ3v) is 14.2. The Hall–Kier alpha value is -3.69. The number of rotatable bonds is 6. The molecule has 0 bridgehead atoms. The first kappa shape index (κ1) is 43.5. The number of benzene rings is 6. The second-order valence-corrected chi connectivity index (χ2v) is 20.3. The van der Waals surface area contributed by atoms with Crippen LogP contribution in [0.1, 0.15) is 41.5 Å². The van der Waals surface area contributed by atoms with Crippen LogP contribution < -0.4 is 31.1 Å². The van der Waals surface area contributed by atoms with Crippen LogP contribution in [0.5, 0.6) is 0 Å². The van der Waals surface area contributed by atoms with Gasteiger partial charge in [0.1, 0.15) is 0 Å². The Balaban J connectivity index is 0.000000276. The molecule has 0 aliphatic rings. The van der Waals surface area contributed by atoms with Gasteiger partial charge in [-0.1, -0.05) is 182 Å². The van der Waals surface area contributed by atoms with E-state index in [9.17, 15) is 9.59 Å². The molecule has 264 valence electrons. The summed E-state index contributed by atoms with van der Waals surface area (Å²) in [5.41, 5.74) is -1.00. The minimum Gasteiger partial charge on any atom is -0.421 e. The van der Waals surface area contributed by atoms with Crippen LogP contribution in [-0.4, -0.2) is 47.6 Å². The number of hydrogen-bond donors (Lipinski definition) is 4. The normalized spacial score (nSPS) is 11.2. The van der Waals surface area contributed by atoms with Gasteiger partial charge in [-0.05, 0) is 72.7 Å². The first-order chi connectivity index (χ1) is 23.6. The Morgan fingerprint density at radius 3 is 0.490 bits per heavy atom. The van der Waals surface area contributed by atoms with E-state index in [2.05, 4.69) is 0 Å². The van der Waals surface area contributed by atoms with Crippen molar-refractivity contribution in [2.45, 2.75) is 52.7 Å². The second kappa shape index (κ2) is 20.4. The Morgan fingerprint density at radius 2 is 0.392 bits per heavy atom. The zero-order valence-electron chi connectivity index (χ0n) is 30.6. The molecule has 0 radical (unpaired) electrons. The third-order valence-electron chi connectivity index (χ3n) is 7.15. The minimum absolute atomic E-state index is 0. The van der Waals surface area contributed by atoms with E-state index < -0.39 is 27.8 Å². The molecule has 0 aliphatic carbocycles. The van der Waals surface area contributed by atoms with Crippen molar-refractivity contribution in [3.8, 4) is 0 Å². The van der Waals surface area contributed by atoms with Crippen molar-refractivity contribution in [1.29, 1.82) is 0 Å². The Morgan fingerprint density at radius 1 is 0.294 bits per heavy atom. The molecule has 0 atom stereocenters. The van der Waals surface area contributed by atoms with Crippen LogP contribution in [0.15, 0.2) is 182 Å². The van der Waals surface area contributed by atoms with Crippen LogP contribution in [0.25, 0.3) is 0 Å². The molecule has 0 aromatic heterocycles. The molecule has 4 nitrogen and oxygen atoms in total. The summed E-state index contributed by atoms with van der Waals surface area (Å²) in [6.07, 6.45) is 0. The van der Waals surface area contributed by atoms with Crippen molar-refractivity contribution in [1.82, 2.24) is 0 Å². The first-order valence-electron chi connectivity index (χ1n) is 16.9. The zero-order valence-corrected chi connectivity index (χ0v) is 34.2. The molecule has 0 fully saturated rings. The van der Waals surface area contributed by atoms with Crippen LogP contribution in [0.4, 0.5) is 0 Å². The molecular formula is C44H52O4Si2Ti. The van der Waals surface area contributed by atoms with Gasteiger partial charge in [-0.3, -0.25) is 0 Å². The van der Waals surface area contributed by atoms with E-state index in [0.717, 1.165) is 31.1 Å². The molecule has 0 aliphatic heterocycles. The van der Waals surface area contributed by atoms with Crippen LogP contribution in [0, 0.1) is 0 Å². The van der Waals surface area contributed by atoms with E-state index in [1.54, 1.807) is 41.5 Å². The fourth-order valence-electron chi connectivity index (χ4n) is 5.08. The zero-order chi connectivity index (χ0) is 36.7. The maximum Gasteiger partial charge on any atom is 0.285 e. The van der Waals surface area contributed by atoms with Crippen LogP contribution in [-0.2, 0) is 21.7 Å². The topological polar surface area (TPSA) is 80.9 Å². The summed E-state index contributed by atoms with van der Waals surface area (Å²) in [6.45, 7) is 10.5. The predicted molar refractivity (Wildman–Crippen MR) is 216 cm³/mol. The molecule has 6 rings (SSSR count). The Bertz CT molecular complexity index is 1440. The first-order valence-corrected chi connectivity index (χ1v) is 20.8. The molecule has 4 N–H and O–H groups in total. The standard InChI is InChI=1S/2C18H16OSi.2C4H10O.Ti/c2*19-20(16-10-4-1-5-11-16,17-12-6-2-7-13-17)18-14-8-3-9-15-18;2*1-4(2,3)5;/h2*1-15,19H;2*5H,1-3H3;. The van der Waals surface area contributed by atoms with Crippen molar-refractivity contribution >= 4 is 47.8 Å². The predicted octanol–water partition coefficient (Wildman–Crippen LogP) is 4.84. The second-order valence-electron chi connectivity index (χ2n) is 14.0. The van der Waals surface area contributed by atoms with Crippen LogP contribution in [0.3, 0.4) is 0 Å². The molecule has 0 heterocycles. The van der Waals surface area contributed by atoms with Gasteiger partial charge in [0.05, 0.1) is 11.2 Å². The van der Waals surface area contributed by atoms with Gasteiger partial charge in [-0.2, -0.15) is 0 Å². The Labute approximate surface area is 322 Å². The molecule has 6 aromatic rings. The summed E-state index contributed by atoms with van der Waals surface area (Å²) < 4.78 is 0. The summed E-state index contributed by atoms with van der Waals surface area (Å²) in [4.78, 5) is 23.1. The fourth-order valence-corrected chi connectivity index (χ4v) is 11.1. The average molecular weight is 749 g/mol. The molecule has 0 saturated heterocycles. The van der Waals surface area contributed by atoms with E-state index in [0.29, 0.717) is 0 Å². The molecule has 51 heavy (non-hydrogen) atoms. The van der Waals surface area contributed by atoms with E-state index in [1.165, 1.54) is 0 Å². The summed E-state index contributed by atoms with van der Waals surface area (Å²) in [7, 11) is -5.76. The van der Waals surface area contributed by atoms with Crippen molar-refractivity contribution < 1.29 is 41.5 Å². The molecule has 0 amide bonds. The fraction of sp³-hybridized carbons (Fsp3) is 0.182. The van der Waals surface area contributed by atoms with Gasteiger partial charge in [0.25, 0.3) is 16.6 Å². The van der Waals surface area contributed by atoms with Crippen LogP contribution in [0.2, 0.25) is 0 Å². The summed E-state index contributed by atoms with van der Waals surface area (Å²) in [5.74, 6) is 0. The maximum atomic E-state index is 11.6. The van der Waals surface area contributed by atoms with Gasteiger partial charge in [0.15, 0.2) is 0 Å². The van der Waals surface area contributed by atoms with E-state index >= 15 is 0 Å². The van der Waals surface area contributed by atoms with Crippen molar-refractivity contribution in [3.63, 3.8) is 0 Å². The largest absolute Gasteiger partial charge is 0.421 e. The Kier molecular flexibility index (Phi) is 17.4. The summed E-state index contributed by atoms with van der Waals surface area (Å²) in [5, 5.41) is 23.1. The van der Waals surface area contributed by atoms with Gasteiger partial charge in [-0.25, -0.2) is 0 Å². The molecule has 6 aromatic carbocycles. The van der Waals surface area contributed by atoms with Gasteiger partial charge < -0.3 is 19.8 Å². The number of aliphatic hydroxyl groups is 2. The van der Waals surface area contributed by atoms with Crippen molar-refractivity contribution in [2.75, 3.05) is 0 Å². The smallest absolute Gasteiger partial charge is 0.285 e. The molecule has 0 saturated carbocycles. The molecular weight excluding hydrogens is 697 g/mol. The molecule has 7 heteroatoms. The van der Waals surface area contributed by atoms with Crippen molar-refractivity contribution in [3.05, 3.63) is 182 Å². The SMILES string of the molecule is CC(C)(C)O.CC(C)(C)O.O[Si](c1ccccc1)(c1ccccc1)c1ccccc1.O[Si](c1ccccc1)(c1ccccc1)c1ccccc1.[Ti]. The maximum absolute atomic E-state index is 11.6. The van der Waals surface area contributed by atoms with Gasteiger partial charge in [0, 0.05) is 21.7 Å². The van der Waals surface area contributed by atoms with Crippen LogP contribution >= 0.6 is 0 Å². The summed E-state index contributed by atoms with van der Waals surface area (Å²) >= 11 is 0. The van der Waals surface area contributed by atoms with Gasteiger partial charge in [-0.15, -0.1) is 0 Å². The minimum atomic E-state index is -2.88. The molecule has 0 spiro atoms. The van der Waals surface area contributed by atoms with Gasteiger partial charge >= 0.3 is 0 Å². The third kappa shape index (κ3) is 14.1. The van der Waals surface area contributed by atoms with Gasteiger partial charge in [0.2, 0.25) is 0 Å². The monoisotopic (exact) mass is 748 g/mol. The van der Waals surface area contributed by atoms with E-state index in [1.807, 2.05) is 182 Å². The van der Waals surface area contributed by atoms with E-state index in [4.69, 9.17) is 10.2 Å². The average Bonchev–Trinajstić information content (AvgIpc) is 3.12. The summed E-state index contributed by atoms with van der Waals surface area (Å²) in [6, 6.07) is 59.9. The quantitative estimate of drug-likeness (QED) is 0.145. The van der Waals surface area contributed by atoms with Crippen molar-refractivity contribution in [2.24, 2.45) is 0 Å². The number of hydrogen-bond acceptors (Lipinski definition) is 4.